The summed E-state index contributed by atoms with van der Waals surface area (Å²) in [4.78, 5) is 23.7. The van der Waals surface area contributed by atoms with Crippen molar-refractivity contribution in [1.82, 2.24) is 25.6 Å². The number of H-pyrrole nitrogens is 1. The Kier molecular flexibility index (Phi) is 5.42. The molecule has 1 saturated heterocycles. The number of carbonyl (C=O) groups excluding carboxylic acids is 1. The van der Waals surface area contributed by atoms with E-state index in [9.17, 15) is 13.2 Å². The maximum absolute atomic E-state index is 12.7. The molecule has 0 aromatic carbocycles. The van der Waals surface area contributed by atoms with E-state index in [-0.39, 0.29) is 23.5 Å². The van der Waals surface area contributed by atoms with Crippen LogP contribution in [0, 0.1) is 5.92 Å². The molecule has 2 unspecified atom stereocenters. The molecule has 0 bridgehead atoms. The molecule has 2 aromatic heterocycles. The van der Waals surface area contributed by atoms with Gasteiger partial charge in [0.15, 0.2) is 21.3 Å². The van der Waals surface area contributed by atoms with E-state index in [1.165, 1.54) is 6.20 Å². The van der Waals surface area contributed by atoms with Crippen molar-refractivity contribution in [2.45, 2.75) is 38.1 Å². The van der Waals surface area contributed by atoms with E-state index < -0.39 is 21.2 Å². The average molecular weight is 380 g/mol. The van der Waals surface area contributed by atoms with Gasteiger partial charge in [-0.15, -0.1) is 0 Å². The van der Waals surface area contributed by atoms with E-state index >= 15 is 0 Å². The first-order chi connectivity index (χ1) is 12.3. The molecule has 10 heteroatoms. The van der Waals surface area contributed by atoms with Crippen molar-refractivity contribution in [3.8, 4) is 0 Å². The molecule has 1 aliphatic rings. The minimum Gasteiger partial charge on any atom is -0.345 e. The van der Waals surface area contributed by atoms with E-state index in [1.807, 2.05) is 13.8 Å². The van der Waals surface area contributed by atoms with E-state index in [0.717, 1.165) is 13.0 Å². The SMILES string of the molecule is CC(C)CS(=O)(=O)C(NC(=O)Nc1cnc2[nH]ccc2n1)C1CCCN1. The normalized spacial score (nSPS) is 19.0. The molecule has 0 radical (unpaired) electrons. The summed E-state index contributed by atoms with van der Waals surface area (Å²) in [6.07, 6.45) is 4.72. The molecule has 1 fully saturated rings. The lowest BCUT2D eigenvalue weighted by molar-refractivity contribution is 0.249. The standard InChI is InChI=1S/C16H24N6O3S/c1-10(2)9-26(24,25)15(12-4-3-6-17-12)22-16(23)21-13-8-19-14-11(20-13)5-7-18-14/h5,7-8,10,12,15,17H,3-4,6,9H2,1-2H3,(H,18,19)(H2,20,21,22,23). The van der Waals surface area contributed by atoms with Gasteiger partial charge in [-0.2, -0.15) is 0 Å². The third-order valence-corrected chi connectivity index (χ3v) is 6.54. The summed E-state index contributed by atoms with van der Waals surface area (Å²) in [5.74, 6) is 0.259. The van der Waals surface area contributed by atoms with Crippen molar-refractivity contribution in [1.29, 1.82) is 0 Å². The summed E-state index contributed by atoms with van der Waals surface area (Å²) in [6.45, 7) is 4.44. The number of aromatic amines is 1. The Morgan fingerprint density at radius 2 is 2.23 bits per heavy atom. The maximum atomic E-state index is 12.7. The number of aromatic nitrogens is 3. The van der Waals surface area contributed by atoms with E-state index in [4.69, 9.17) is 0 Å². The first-order valence-electron chi connectivity index (χ1n) is 8.68. The van der Waals surface area contributed by atoms with Gasteiger partial charge in [-0.05, 0) is 31.4 Å². The van der Waals surface area contributed by atoms with Gasteiger partial charge in [0.2, 0.25) is 0 Å². The fraction of sp³-hybridized carbons (Fsp3) is 0.562. The van der Waals surface area contributed by atoms with Crippen LogP contribution in [0.5, 0.6) is 0 Å². The second-order valence-corrected chi connectivity index (χ2v) is 9.08. The highest BCUT2D eigenvalue weighted by atomic mass is 32.2. The molecule has 0 spiro atoms. The molecule has 2 atom stereocenters. The van der Waals surface area contributed by atoms with Gasteiger partial charge in [-0.1, -0.05) is 13.8 Å². The van der Waals surface area contributed by atoms with Crippen molar-refractivity contribution in [2.75, 3.05) is 17.6 Å². The Morgan fingerprint density at radius 3 is 2.92 bits per heavy atom. The second kappa shape index (κ2) is 7.58. The van der Waals surface area contributed by atoms with Gasteiger partial charge in [0, 0.05) is 12.2 Å². The summed E-state index contributed by atoms with van der Waals surface area (Å²) in [5.41, 5.74) is 1.23. The minimum absolute atomic E-state index is 0.0179. The summed E-state index contributed by atoms with van der Waals surface area (Å²) in [7, 11) is -3.49. The summed E-state index contributed by atoms with van der Waals surface area (Å²) < 4.78 is 25.5. The van der Waals surface area contributed by atoms with Gasteiger partial charge in [-0.25, -0.2) is 23.2 Å². The minimum atomic E-state index is -3.49. The van der Waals surface area contributed by atoms with Crippen LogP contribution in [-0.2, 0) is 9.84 Å². The quantitative estimate of drug-likeness (QED) is 0.596. The predicted octanol–water partition coefficient (Wildman–Crippen LogP) is 1.23. The second-order valence-electron chi connectivity index (χ2n) is 6.91. The van der Waals surface area contributed by atoms with Crippen LogP contribution in [0.1, 0.15) is 26.7 Å². The van der Waals surface area contributed by atoms with Crippen LogP contribution in [0.3, 0.4) is 0 Å². The number of urea groups is 1. The molecule has 3 rings (SSSR count). The lowest BCUT2D eigenvalue weighted by atomic mass is 10.2. The highest BCUT2D eigenvalue weighted by molar-refractivity contribution is 7.92. The number of rotatable bonds is 6. The van der Waals surface area contributed by atoms with Crippen LogP contribution >= 0.6 is 0 Å². The molecule has 4 N–H and O–H groups in total. The van der Waals surface area contributed by atoms with Crippen LogP contribution in [0.4, 0.5) is 10.6 Å². The van der Waals surface area contributed by atoms with Gasteiger partial charge in [0.05, 0.1) is 11.9 Å². The number of amides is 2. The predicted molar refractivity (Wildman–Crippen MR) is 99.5 cm³/mol. The number of fused-ring (bicyclic) bond motifs is 1. The van der Waals surface area contributed by atoms with Gasteiger partial charge in [0.1, 0.15) is 10.9 Å². The molecule has 0 saturated carbocycles. The summed E-state index contributed by atoms with van der Waals surface area (Å²) in [5, 5.41) is 7.39. The topological polar surface area (TPSA) is 129 Å². The largest absolute Gasteiger partial charge is 0.345 e. The van der Waals surface area contributed by atoms with Gasteiger partial charge in [0.25, 0.3) is 0 Å². The zero-order valence-electron chi connectivity index (χ0n) is 14.8. The Hall–Kier alpha value is -2.20. The lowest BCUT2D eigenvalue weighted by Crippen LogP contribution is -2.54. The average Bonchev–Trinajstić information content (AvgIpc) is 3.22. The number of nitrogens with one attached hydrogen (secondary N) is 4. The molecule has 9 nitrogen and oxygen atoms in total. The highest BCUT2D eigenvalue weighted by Crippen LogP contribution is 2.17. The first kappa shape index (κ1) is 18.6. The molecule has 2 aromatic rings. The first-order valence-corrected chi connectivity index (χ1v) is 10.4. The van der Waals surface area contributed by atoms with Crippen molar-refractivity contribution >= 4 is 32.9 Å². The van der Waals surface area contributed by atoms with E-state index in [1.54, 1.807) is 12.3 Å². The Balaban J connectivity index is 1.73. The number of carbonyl (C=O) groups is 1. The molecule has 3 heterocycles. The number of sulfone groups is 1. The number of anilines is 1. The summed E-state index contributed by atoms with van der Waals surface area (Å²) in [6, 6.07) is 0.840. The van der Waals surface area contributed by atoms with Gasteiger partial charge < -0.3 is 15.6 Å². The smallest absolute Gasteiger partial charge is 0.321 e. The maximum Gasteiger partial charge on any atom is 0.321 e. The molecular weight excluding hydrogens is 356 g/mol. The third kappa shape index (κ3) is 4.31. The lowest BCUT2D eigenvalue weighted by Gasteiger charge is -2.25. The van der Waals surface area contributed by atoms with E-state index in [0.29, 0.717) is 17.6 Å². The van der Waals surface area contributed by atoms with Crippen LogP contribution in [0.15, 0.2) is 18.5 Å². The fourth-order valence-corrected chi connectivity index (χ4v) is 5.31. The molecule has 1 aliphatic heterocycles. The van der Waals surface area contributed by atoms with Crippen molar-refractivity contribution < 1.29 is 13.2 Å². The van der Waals surface area contributed by atoms with Gasteiger partial charge >= 0.3 is 6.03 Å². The zero-order valence-corrected chi connectivity index (χ0v) is 15.6. The fourth-order valence-electron chi connectivity index (χ4n) is 3.15. The molecule has 2 amide bonds. The highest BCUT2D eigenvalue weighted by Gasteiger charge is 2.36. The molecule has 0 aliphatic carbocycles. The number of nitrogens with zero attached hydrogens (tertiary/aromatic N) is 2. The molecular formula is C16H24N6O3S. The Labute approximate surface area is 152 Å². The monoisotopic (exact) mass is 380 g/mol. The van der Waals surface area contributed by atoms with E-state index in [2.05, 4.69) is 30.9 Å². The molecule has 142 valence electrons. The molecule has 26 heavy (non-hydrogen) atoms. The Bertz CT molecular complexity index is 873. The third-order valence-electron chi connectivity index (χ3n) is 4.19. The van der Waals surface area contributed by atoms with Crippen LogP contribution in [0.2, 0.25) is 0 Å². The van der Waals surface area contributed by atoms with Crippen LogP contribution in [-0.4, -0.2) is 53.1 Å². The van der Waals surface area contributed by atoms with Gasteiger partial charge in [-0.3, -0.25) is 5.32 Å². The van der Waals surface area contributed by atoms with Crippen molar-refractivity contribution in [2.24, 2.45) is 5.92 Å². The number of hydrogen-bond donors (Lipinski definition) is 4. The summed E-state index contributed by atoms with van der Waals surface area (Å²) >= 11 is 0. The van der Waals surface area contributed by atoms with Crippen LogP contribution in [0.25, 0.3) is 11.2 Å². The van der Waals surface area contributed by atoms with Crippen molar-refractivity contribution in [3.63, 3.8) is 0 Å². The number of hydrogen-bond acceptors (Lipinski definition) is 6. The zero-order chi connectivity index (χ0) is 18.7. The van der Waals surface area contributed by atoms with Crippen LogP contribution < -0.4 is 16.0 Å². The Morgan fingerprint density at radius 1 is 1.42 bits per heavy atom. The van der Waals surface area contributed by atoms with Crippen molar-refractivity contribution in [3.05, 3.63) is 18.5 Å².